The predicted molar refractivity (Wildman–Crippen MR) is 478 cm³/mol. The zero-order valence-electron chi connectivity index (χ0n) is 77.0. The third-order valence-electron chi connectivity index (χ3n) is 21.0. The van der Waals surface area contributed by atoms with Crippen LogP contribution >= 0.6 is 0 Å². The smallest absolute Gasteiger partial charge is 0.430 e. The highest BCUT2D eigenvalue weighted by molar-refractivity contribution is 6.03. The van der Waals surface area contributed by atoms with Crippen LogP contribution < -0.4 is 62.2 Å². The first-order chi connectivity index (χ1) is 60.1. The largest absolute Gasteiger partial charge is 0.542 e. The summed E-state index contributed by atoms with van der Waals surface area (Å²) in [5.41, 5.74) is 4.90. The molecule has 128 heavy (non-hydrogen) atoms. The van der Waals surface area contributed by atoms with Gasteiger partial charge in [0.2, 0.25) is 47.0 Å². The molecule has 0 saturated carbocycles. The highest BCUT2D eigenvalue weighted by atomic mass is 19.4. The number of benzene rings is 3. The van der Waals surface area contributed by atoms with Crippen LogP contribution in [0.4, 0.5) is 50.3 Å². The number of nitrogens with one attached hydrogen (secondary N) is 8. The van der Waals surface area contributed by atoms with Crippen molar-refractivity contribution in [3.05, 3.63) is 124 Å². The normalized spacial score (nSPS) is 14.2. The van der Waals surface area contributed by atoms with Crippen LogP contribution in [0.3, 0.4) is 0 Å². The fraction of sp³-hybridized carbons (Fsp3) is 0.598. The number of nitro benzene ring substituents is 1. The van der Waals surface area contributed by atoms with Gasteiger partial charge in [0.15, 0.2) is 12.3 Å². The van der Waals surface area contributed by atoms with Gasteiger partial charge in [-0.3, -0.25) is 48.5 Å². The Morgan fingerprint density at radius 3 is 1.62 bits per heavy atom. The molecular weight excluding hydrogens is 1660 g/mol. The van der Waals surface area contributed by atoms with E-state index in [1.165, 1.54) is 57.0 Å². The van der Waals surface area contributed by atoms with Gasteiger partial charge in [0, 0.05) is 163 Å². The quantitative estimate of drug-likeness (QED) is 0.00650. The summed E-state index contributed by atoms with van der Waals surface area (Å²) in [7, 11) is 2.12. The van der Waals surface area contributed by atoms with E-state index >= 15 is 0 Å². The highest BCUT2D eigenvalue weighted by Crippen LogP contribution is 2.48. The number of allylic oxidation sites excluding steroid dienone is 4. The molecule has 0 bridgehead atoms. The number of aliphatic carboxylic acids is 1. The molecule has 0 radical (unpaired) electrons. The number of hydrogen-bond donors (Lipinski definition) is 8. The highest BCUT2D eigenvalue weighted by Gasteiger charge is 2.44. The van der Waals surface area contributed by atoms with Crippen LogP contribution in [0.5, 0.6) is 5.75 Å². The van der Waals surface area contributed by atoms with E-state index in [0.29, 0.717) is 109 Å². The van der Waals surface area contributed by atoms with E-state index in [-0.39, 0.29) is 142 Å². The van der Waals surface area contributed by atoms with Crippen molar-refractivity contribution in [1.82, 2.24) is 52.3 Å². The number of ether oxygens (including phenoxy) is 4. The molecule has 33 nitrogen and oxygen atoms in total. The fourth-order valence-corrected chi connectivity index (χ4v) is 14.6. The molecule has 708 valence electrons. The van der Waals surface area contributed by atoms with Crippen LogP contribution in [-0.2, 0) is 74.6 Å². The number of unbranched alkanes of at least 4 members (excludes halogenated alkanes) is 6. The summed E-state index contributed by atoms with van der Waals surface area (Å²) in [6.07, 6.45) is 8.35. The zero-order chi connectivity index (χ0) is 95.2. The van der Waals surface area contributed by atoms with Crippen molar-refractivity contribution in [2.45, 2.75) is 258 Å². The number of nitrogens with zero attached hydrogens (tertiary/aromatic N) is 6. The molecule has 1 atom stereocenters. The summed E-state index contributed by atoms with van der Waals surface area (Å²) in [4.78, 5) is 171. The van der Waals surface area contributed by atoms with Gasteiger partial charge in [-0.25, -0.2) is 14.4 Å². The van der Waals surface area contributed by atoms with Crippen molar-refractivity contribution in [2.24, 2.45) is 0 Å². The molecule has 3 aliphatic rings. The number of rotatable bonds is 49. The molecular formula is C92H135F3N14O19. The minimum atomic E-state index is -5.19. The van der Waals surface area contributed by atoms with E-state index in [1.54, 1.807) is 72.1 Å². The Kier molecular flexibility index (Phi) is 42.9. The summed E-state index contributed by atoms with van der Waals surface area (Å²) in [5.74, 6) is -5.95. The number of carboxylic acid groups (broad SMARTS) is 1. The Labute approximate surface area is 749 Å². The maximum Gasteiger partial charge on any atom is 0.430 e. The third-order valence-corrected chi connectivity index (χ3v) is 21.0. The molecule has 36 heteroatoms. The van der Waals surface area contributed by atoms with Gasteiger partial charge < -0.3 is 91.0 Å². The van der Waals surface area contributed by atoms with Crippen LogP contribution in [0.2, 0.25) is 0 Å². The molecule has 0 spiro atoms. The molecule has 3 aromatic carbocycles. The van der Waals surface area contributed by atoms with Crippen LogP contribution in [0, 0.1) is 10.1 Å². The first-order valence-corrected chi connectivity index (χ1v) is 44.1. The van der Waals surface area contributed by atoms with Gasteiger partial charge in [-0.15, -0.1) is 0 Å². The lowest BCUT2D eigenvalue weighted by Gasteiger charge is -2.29. The standard InChI is InChI=1S/C90H134N14O17.C2HF3O2/c1-16-74(105)91-50-25-17-19-42-78(109)98-67(82(112)96-54-32-53-93-75(106)41-20-18-28-61-102-69-38-24-22-36-66(69)90(13,14)73(102)40-31-39-72-89(11,12)65-35-21-23-37-68(65)99(72)15)43-48-80(111)103-62-49-64-71(45-44-70(81(64)103)104(116)117)118-63-79(110)95-52-27-26-51-92-76(107)46-47-77(108)94-55-33-59-100(84(114)120-87(5,6)7)57-29-30-58-101(85(115)121-88(8,9)10)60-34-56-97-83(113)119-86(2,3)4;3-2(4,5)1(6)7/h16,21-24,31,35-40,44-45,67H,1,17-20,25-30,32-34,41-43,46-63H2,2-15H3,(H7-,91,92,93,94,95,96,97,98,105,106,107,108,109,110,112,113);(H,6,7)/t67-;/m0./s1. The number of carboxylic acids is 1. The minimum Gasteiger partial charge on any atom is -0.542 e. The number of nitro groups is 1. The number of fused-ring (bicyclic) bond motifs is 3. The number of alkyl carbamates (subject to hydrolysis) is 1. The van der Waals surface area contributed by atoms with Gasteiger partial charge in [0.1, 0.15) is 47.3 Å². The lowest BCUT2D eigenvalue weighted by atomic mass is 9.81. The van der Waals surface area contributed by atoms with Gasteiger partial charge >= 0.3 is 24.5 Å². The topological polar surface area (TPSA) is 420 Å². The Morgan fingerprint density at radius 1 is 0.570 bits per heavy atom. The van der Waals surface area contributed by atoms with Crippen molar-refractivity contribution in [2.75, 3.05) is 109 Å². The number of carbonyl (C=O) groups excluding carboxylic acids is 12. The molecule has 3 aromatic rings. The SMILES string of the molecule is C=CC(=O)NCCCCCC(=O)N[C@@H](CCC(=O)N1CCc2c(OCC(=O)NCCCCNC(=O)CCC(=O)NCCCN(CCCCN(CCCNC(=O)OC(C)(C)C)C(=O)OC(C)(C)C)C(=O)OC(C)(C)C)ccc([N+](=O)[O-])c21)C(=O)NCCCNC(=O)CCCCCN1/C(=C/C=C/C2=[N+](C)c3ccccc3C2(C)C)C(C)(C)c2ccccc21.O=C([O-])C(F)(F)F. The van der Waals surface area contributed by atoms with Crippen molar-refractivity contribution >= 4 is 100.0 Å². The van der Waals surface area contributed by atoms with E-state index in [0.717, 1.165) is 19.4 Å². The lowest BCUT2D eigenvalue weighted by Crippen LogP contribution is -2.47. The van der Waals surface area contributed by atoms with Crippen LogP contribution in [0.15, 0.2) is 97.2 Å². The molecule has 3 aliphatic heterocycles. The summed E-state index contributed by atoms with van der Waals surface area (Å²) in [5, 5.41) is 43.6. The second-order valence-electron chi connectivity index (χ2n) is 35.6. The van der Waals surface area contributed by atoms with Gasteiger partial charge in [-0.1, -0.05) is 75.7 Å². The van der Waals surface area contributed by atoms with E-state index in [2.05, 4.69) is 160 Å². The van der Waals surface area contributed by atoms with Crippen molar-refractivity contribution < 1.29 is 104 Å². The van der Waals surface area contributed by atoms with Crippen LogP contribution in [0.25, 0.3) is 0 Å². The first-order valence-electron chi connectivity index (χ1n) is 44.1. The van der Waals surface area contributed by atoms with Crippen LogP contribution in [0.1, 0.15) is 229 Å². The summed E-state index contributed by atoms with van der Waals surface area (Å²) in [6.45, 7) is 31.9. The first kappa shape index (κ1) is 107. The number of hydrogen-bond acceptors (Lipinski definition) is 20. The van der Waals surface area contributed by atoms with E-state index < -0.39 is 88.4 Å². The number of alkyl halides is 3. The molecule has 0 fully saturated rings. The van der Waals surface area contributed by atoms with Gasteiger partial charge in [-0.05, 0) is 189 Å². The van der Waals surface area contributed by atoms with Crippen molar-refractivity contribution in [3.8, 4) is 5.75 Å². The molecule has 0 unspecified atom stereocenters. The molecule has 11 amide bonds. The molecule has 0 aromatic heterocycles. The Hall–Kier alpha value is -11.6. The van der Waals surface area contributed by atoms with Gasteiger partial charge in [0.05, 0.1) is 10.3 Å². The van der Waals surface area contributed by atoms with Crippen molar-refractivity contribution in [1.29, 1.82) is 0 Å². The Bertz CT molecular complexity index is 4410. The molecule has 3 heterocycles. The Morgan fingerprint density at radius 2 is 1.06 bits per heavy atom. The molecule has 0 aliphatic carbocycles. The number of halogens is 3. The van der Waals surface area contributed by atoms with E-state index in [1.807, 2.05) is 0 Å². The minimum absolute atomic E-state index is 0.00558. The third kappa shape index (κ3) is 37.0. The summed E-state index contributed by atoms with van der Waals surface area (Å²) >= 11 is 0. The number of para-hydroxylation sites is 2. The number of amides is 11. The summed E-state index contributed by atoms with van der Waals surface area (Å²) < 4.78 is 56.3. The van der Waals surface area contributed by atoms with Crippen LogP contribution in [-0.4, -0.2) is 224 Å². The molecule has 6 rings (SSSR count). The average molecular weight is 1800 g/mol. The maximum absolute atomic E-state index is 14.2. The monoisotopic (exact) mass is 1800 g/mol. The molecule has 0 saturated heterocycles. The summed E-state index contributed by atoms with van der Waals surface area (Å²) in [6, 6.07) is 18.5. The zero-order valence-corrected chi connectivity index (χ0v) is 77.0. The second kappa shape index (κ2) is 51.4. The Balaban J connectivity index is 0.00000397. The lowest BCUT2D eigenvalue weighted by molar-refractivity contribution is -0.401. The second-order valence-corrected chi connectivity index (χ2v) is 35.6. The number of anilines is 2. The predicted octanol–water partition coefficient (Wildman–Crippen LogP) is 10.9. The van der Waals surface area contributed by atoms with Gasteiger partial charge in [0.25, 0.3) is 11.6 Å². The van der Waals surface area contributed by atoms with E-state index in [9.17, 15) is 76.0 Å². The van der Waals surface area contributed by atoms with E-state index in [4.69, 9.17) is 28.8 Å². The average Bonchev–Trinajstić information content (AvgIpc) is 1.60. The molecule has 8 N–H and O–H groups in total. The number of carbonyl (C=O) groups is 12. The van der Waals surface area contributed by atoms with Crippen molar-refractivity contribution in [3.63, 3.8) is 0 Å². The van der Waals surface area contributed by atoms with Gasteiger partial charge in [-0.2, -0.15) is 17.7 Å². The fourth-order valence-electron chi connectivity index (χ4n) is 14.6. The maximum atomic E-state index is 14.2.